The van der Waals surface area contributed by atoms with Gasteiger partial charge in [-0.15, -0.1) is 11.3 Å². The highest BCUT2D eigenvalue weighted by molar-refractivity contribution is 7.11. The molecule has 0 bridgehead atoms. The molecular weight excluding hydrogens is 264 g/mol. The van der Waals surface area contributed by atoms with Crippen molar-refractivity contribution >= 4 is 11.3 Å². The molecule has 0 radical (unpaired) electrons. The molecule has 3 heteroatoms. The third-order valence-corrected chi connectivity index (χ3v) is 4.98. The highest BCUT2D eigenvalue weighted by Gasteiger charge is 2.16. The predicted octanol–water partition coefficient (Wildman–Crippen LogP) is 4.79. The second kappa shape index (κ2) is 6.06. The van der Waals surface area contributed by atoms with Gasteiger partial charge in [-0.2, -0.15) is 0 Å². The number of nitrogens with one attached hydrogen (secondary N) is 1. The average molecular weight is 288 g/mol. The van der Waals surface area contributed by atoms with Crippen molar-refractivity contribution in [2.24, 2.45) is 0 Å². The number of nitrogens with zero attached hydrogens (tertiary/aromatic N) is 1. The Morgan fingerprint density at radius 2 is 1.75 bits per heavy atom. The highest BCUT2D eigenvalue weighted by atomic mass is 32.1. The van der Waals surface area contributed by atoms with Crippen molar-refractivity contribution in [2.45, 2.75) is 53.6 Å². The molecule has 2 nitrogen and oxygen atoms in total. The molecule has 0 saturated heterocycles. The minimum absolute atomic E-state index is 0.330. The number of aromatic nitrogens is 1. The third-order valence-electron chi connectivity index (χ3n) is 3.72. The van der Waals surface area contributed by atoms with Gasteiger partial charge >= 0.3 is 0 Å². The summed E-state index contributed by atoms with van der Waals surface area (Å²) in [6.07, 6.45) is 0. The van der Waals surface area contributed by atoms with Gasteiger partial charge in [-0.05, 0) is 52.7 Å². The van der Waals surface area contributed by atoms with E-state index < -0.39 is 0 Å². The first-order chi connectivity index (χ1) is 9.38. The zero-order valence-corrected chi connectivity index (χ0v) is 14.1. The lowest BCUT2D eigenvalue weighted by molar-refractivity contribution is 0.496. The maximum absolute atomic E-state index is 4.52. The SMILES string of the molecule is Cc1ccc(C(C)NC(C)c2sc(C)nc2C)c(C)c1. The Morgan fingerprint density at radius 1 is 1.05 bits per heavy atom. The molecule has 0 aliphatic heterocycles. The van der Waals surface area contributed by atoms with Crippen LogP contribution < -0.4 is 5.32 Å². The zero-order valence-electron chi connectivity index (χ0n) is 13.2. The second-order valence-electron chi connectivity index (χ2n) is 5.65. The molecule has 0 spiro atoms. The Labute approximate surface area is 126 Å². The molecular formula is C17H24N2S. The van der Waals surface area contributed by atoms with E-state index in [0.717, 1.165) is 10.7 Å². The van der Waals surface area contributed by atoms with Gasteiger partial charge < -0.3 is 5.32 Å². The maximum atomic E-state index is 4.52. The molecule has 2 aromatic rings. The van der Waals surface area contributed by atoms with Crippen LogP contribution in [0.5, 0.6) is 0 Å². The van der Waals surface area contributed by atoms with Crippen LogP contribution in [0.25, 0.3) is 0 Å². The van der Waals surface area contributed by atoms with Crippen LogP contribution in [0.3, 0.4) is 0 Å². The summed E-state index contributed by atoms with van der Waals surface area (Å²) in [7, 11) is 0. The number of hydrogen-bond donors (Lipinski definition) is 1. The molecule has 0 amide bonds. The summed E-state index contributed by atoms with van der Waals surface area (Å²) in [6, 6.07) is 7.34. The van der Waals surface area contributed by atoms with E-state index in [-0.39, 0.29) is 0 Å². The molecule has 1 aromatic carbocycles. The number of thiazole rings is 1. The predicted molar refractivity (Wildman–Crippen MR) is 87.5 cm³/mol. The highest BCUT2D eigenvalue weighted by Crippen LogP contribution is 2.27. The van der Waals surface area contributed by atoms with Crippen LogP contribution in [0.1, 0.15) is 58.2 Å². The standard InChI is InChI=1S/C17H24N2S/c1-10-7-8-16(11(2)9-10)12(3)18-13(4)17-14(5)19-15(6)20-17/h7-9,12-13,18H,1-6H3. The Bertz CT molecular complexity index is 601. The lowest BCUT2D eigenvalue weighted by Gasteiger charge is -2.21. The number of hydrogen-bond acceptors (Lipinski definition) is 3. The molecule has 0 aliphatic rings. The summed E-state index contributed by atoms with van der Waals surface area (Å²) in [6.45, 7) is 13.0. The van der Waals surface area contributed by atoms with Crippen molar-refractivity contribution in [2.75, 3.05) is 0 Å². The van der Waals surface area contributed by atoms with Crippen LogP contribution in [0.2, 0.25) is 0 Å². The molecule has 2 atom stereocenters. The molecule has 0 fully saturated rings. The minimum atomic E-state index is 0.330. The van der Waals surface area contributed by atoms with Gasteiger partial charge in [-0.3, -0.25) is 0 Å². The van der Waals surface area contributed by atoms with Gasteiger partial charge in [0.2, 0.25) is 0 Å². The summed E-state index contributed by atoms with van der Waals surface area (Å²) in [4.78, 5) is 5.87. The van der Waals surface area contributed by atoms with E-state index in [2.05, 4.69) is 70.0 Å². The molecule has 108 valence electrons. The summed E-state index contributed by atoms with van der Waals surface area (Å²) in [5, 5.41) is 4.84. The van der Waals surface area contributed by atoms with Crippen molar-refractivity contribution < 1.29 is 0 Å². The quantitative estimate of drug-likeness (QED) is 0.875. The van der Waals surface area contributed by atoms with Gasteiger partial charge in [0, 0.05) is 17.0 Å². The van der Waals surface area contributed by atoms with Gasteiger partial charge in [-0.25, -0.2) is 4.98 Å². The van der Waals surface area contributed by atoms with E-state index in [4.69, 9.17) is 0 Å². The number of aryl methyl sites for hydroxylation is 4. The fourth-order valence-electron chi connectivity index (χ4n) is 2.80. The Morgan fingerprint density at radius 3 is 2.30 bits per heavy atom. The molecule has 20 heavy (non-hydrogen) atoms. The molecule has 0 saturated carbocycles. The Kier molecular flexibility index (Phi) is 4.61. The van der Waals surface area contributed by atoms with Gasteiger partial charge in [0.25, 0.3) is 0 Å². The zero-order chi connectivity index (χ0) is 14.9. The fraction of sp³-hybridized carbons (Fsp3) is 0.471. The summed E-state index contributed by atoms with van der Waals surface area (Å²) >= 11 is 1.79. The van der Waals surface area contributed by atoms with Crippen LogP contribution in [0.15, 0.2) is 18.2 Å². The lowest BCUT2D eigenvalue weighted by atomic mass is 9.99. The van der Waals surface area contributed by atoms with Crippen LogP contribution in [0, 0.1) is 27.7 Å². The van der Waals surface area contributed by atoms with E-state index in [1.807, 2.05) is 0 Å². The molecule has 2 rings (SSSR count). The molecule has 1 heterocycles. The third kappa shape index (κ3) is 3.28. The van der Waals surface area contributed by atoms with E-state index in [0.29, 0.717) is 12.1 Å². The Hall–Kier alpha value is -1.19. The second-order valence-corrected chi connectivity index (χ2v) is 6.89. The average Bonchev–Trinajstić information content (AvgIpc) is 2.68. The smallest absolute Gasteiger partial charge is 0.0900 e. The molecule has 0 aliphatic carbocycles. The first-order valence-electron chi connectivity index (χ1n) is 7.15. The van der Waals surface area contributed by atoms with Gasteiger partial charge in [0.1, 0.15) is 0 Å². The largest absolute Gasteiger partial charge is 0.303 e. The van der Waals surface area contributed by atoms with Crippen LogP contribution in [-0.2, 0) is 0 Å². The van der Waals surface area contributed by atoms with E-state index >= 15 is 0 Å². The van der Waals surface area contributed by atoms with Crippen molar-refractivity contribution in [1.82, 2.24) is 10.3 Å². The molecule has 1 aromatic heterocycles. The van der Waals surface area contributed by atoms with E-state index in [1.54, 1.807) is 11.3 Å². The minimum Gasteiger partial charge on any atom is -0.303 e. The summed E-state index contributed by atoms with van der Waals surface area (Å²) in [5.74, 6) is 0. The van der Waals surface area contributed by atoms with E-state index in [9.17, 15) is 0 Å². The summed E-state index contributed by atoms with van der Waals surface area (Å²) in [5.41, 5.74) is 5.21. The summed E-state index contributed by atoms with van der Waals surface area (Å²) < 4.78 is 0. The topological polar surface area (TPSA) is 24.9 Å². The normalized spacial score (nSPS) is 14.3. The molecule has 1 N–H and O–H groups in total. The van der Waals surface area contributed by atoms with Crippen molar-refractivity contribution in [3.63, 3.8) is 0 Å². The fourth-order valence-corrected chi connectivity index (χ4v) is 3.74. The van der Waals surface area contributed by atoms with Crippen LogP contribution >= 0.6 is 11.3 Å². The first-order valence-corrected chi connectivity index (χ1v) is 7.97. The van der Waals surface area contributed by atoms with Crippen molar-refractivity contribution in [1.29, 1.82) is 0 Å². The monoisotopic (exact) mass is 288 g/mol. The van der Waals surface area contributed by atoms with Crippen LogP contribution in [-0.4, -0.2) is 4.98 Å². The Balaban J connectivity index is 2.14. The number of rotatable bonds is 4. The van der Waals surface area contributed by atoms with Crippen LogP contribution in [0.4, 0.5) is 0 Å². The first kappa shape index (κ1) is 15.2. The van der Waals surface area contributed by atoms with Gasteiger partial charge in [0.15, 0.2) is 0 Å². The number of benzene rings is 1. The van der Waals surface area contributed by atoms with Crippen molar-refractivity contribution in [3.05, 3.63) is 50.5 Å². The van der Waals surface area contributed by atoms with E-state index in [1.165, 1.54) is 21.6 Å². The maximum Gasteiger partial charge on any atom is 0.0900 e. The van der Waals surface area contributed by atoms with Gasteiger partial charge in [-0.1, -0.05) is 23.8 Å². The van der Waals surface area contributed by atoms with Gasteiger partial charge in [0.05, 0.1) is 10.7 Å². The lowest BCUT2D eigenvalue weighted by Crippen LogP contribution is -2.23. The van der Waals surface area contributed by atoms with Crippen molar-refractivity contribution in [3.8, 4) is 0 Å². The molecule has 2 unspecified atom stereocenters.